The van der Waals surface area contributed by atoms with Crippen LogP contribution in [0.25, 0.3) is 0 Å². The Kier molecular flexibility index (Phi) is 7.01. The van der Waals surface area contributed by atoms with E-state index in [-0.39, 0.29) is 6.10 Å². The van der Waals surface area contributed by atoms with Gasteiger partial charge in [0, 0.05) is 17.3 Å². The third-order valence-corrected chi connectivity index (χ3v) is 5.32. The molecular weight excluding hydrogens is 394 g/mol. The Morgan fingerprint density at radius 1 is 1.18 bits per heavy atom. The van der Waals surface area contributed by atoms with Gasteiger partial charge >= 0.3 is 0 Å². The van der Waals surface area contributed by atoms with Crippen molar-refractivity contribution in [3.63, 3.8) is 0 Å². The summed E-state index contributed by atoms with van der Waals surface area (Å²) in [5.41, 5.74) is 1.13. The molecule has 7 heteroatoms. The topological polar surface area (TPSA) is 49.2 Å². The molecule has 1 aromatic heterocycles. The maximum Gasteiger partial charge on any atom is 0.191 e. The van der Waals surface area contributed by atoms with Crippen LogP contribution in [0.3, 0.4) is 0 Å². The van der Waals surface area contributed by atoms with Crippen LogP contribution in [0.15, 0.2) is 66.3 Å². The summed E-state index contributed by atoms with van der Waals surface area (Å²) < 4.78 is 13.2. The molecule has 2 aromatic carbocycles. The lowest BCUT2D eigenvalue weighted by Crippen LogP contribution is -2.12. The summed E-state index contributed by atoms with van der Waals surface area (Å²) in [5.74, 6) is 3.04. The third kappa shape index (κ3) is 5.09. The molecule has 3 aromatic rings. The summed E-state index contributed by atoms with van der Waals surface area (Å²) in [7, 11) is 1.64. The number of ether oxygens (including phenoxy) is 2. The molecule has 0 saturated carbocycles. The first-order chi connectivity index (χ1) is 13.6. The molecule has 0 aliphatic rings. The minimum absolute atomic E-state index is 0.263. The van der Waals surface area contributed by atoms with Gasteiger partial charge in [-0.3, -0.25) is 4.57 Å². The number of thioether (sulfide) groups is 1. The van der Waals surface area contributed by atoms with Crippen LogP contribution in [0.2, 0.25) is 5.02 Å². The molecule has 0 aliphatic heterocycles. The fraction of sp³-hybridized carbons (Fsp3) is 0.238. The molecule has 0 fully saturated rings. The first-order valence-corrected chi connectivity index (χ1v) is 10.2. The maximum atomic E-state index is 6.07. The SMILES string of the molecule is C=CCn1c(SCc2cccc(Cl)c2)nnc1C(C)Oc1ccc(OC)cc1. The number of hydrogen-bond acceptors (Lipinski definition) is 5. The predicted octanol–water partition coefficient (Wildman–Crippen LogP) is 5.56. The lowest BCUT2D eigenvalue weighted by molar-refractivity contribution is 0.210. The Labute approximate surface area is 174 Å². The summed E-state index contributed by atoms with van der Waals surface area (Å²) in [6.45, 7) is 6.42. The molecule has 0 N–H and O–H groups in total. The van der Waals surface area contributed by atoms with Crippen LogP contribution < -0.4 is 9.47 Å². The number of nitrogens with zero attached hydrogens (tertiary/aromatic N) is 3. The van der Waals surface area contributed by atoms with E-state index in [1.165, 1.54) is 0 Å². The minimum Gasteiger partial charge on any atom is -0.497 e. The van der Waals surface area contributed by atoms with E-state index >= 15 is 0 Å². The Hall–Kier alpha value is -2.44. The Balaban J connectivity index is 1.74. The monoisotopic (exact) mass is 415 g/mol. The van der Waals surface area contributed by atoms with E-state index in [1.54, 1.807) is 18.9 Å². The molecule has 1 unspecified atom stereocenters. The van der Waals surface area contributed by atoms with Gasteiger partial charge in [0.1, 0.15) is 11.5 Å². The van der Waals surface area contributed by atoms with Gasteiger partial charge in [-0.2, -0.15) is 0 Å². The van der Waals surface area contributed by atoms with Crippen LogP contribution in [0.1, 0.15) is 24.4 Å². The second-order valence-corrected chi connectivity index (χ2v) is 7.47. The second-order valence-electron chi connectivity index (χ2n) is 6.09. The van der Waals surface area contributed by atoms with E-state index in [0.29, 0.717) is 6.54 Å². The lowest BCUT2D eigenvalue weighted by atomic mass is 10.2. The maximum absolute atomic E-state index is 6.07. The van der Waals surface area contributed by atoms with Crippen molar-refractivity contribution in [3.05, 3.63) is 77.6 Å². The average molecular weight is 416 g/mol. The molecule has 0 saturated heterocycles. The predicted molar refractivity (Wildman–Crippen MR) is 113 cm³/mol. The van der Waals surface area contributed by atoms with Gasteiger partial charge in [0.25, 0.3) is 0 Å². The van der Waals surface area contributed by atoms with E-state index < -0.39 is 0 Å². The fourth-order valence-corrected chi connectivity index (χ4v) is 3.80. The van der Waals surface area contributed by atoms with Crippen LogP contribution in [0.4, 0.5) is 0 Å². The van der Waals surface area contributed by atoms with Gasteiger partial charge in [-0.05, 0) is 48.9 Å². The zero-order valence-corrected chi connectivity index (χ0v) is 17.4. The van der Waals surface area contributed by atoms with Crippen molar-refractivity contribution in [1.29, 1.82) is 0 Å². The number of aromatic nitrogens is 3. The van der Waals surface area contributed by atoms with Crippen LogP contribution in [-0.2, 0) is 12.3 Å². The highest BCUT2D eigenvalue weighted by Crippen LogP contribution is 2.28. The van der Waals surface area contributed by atoms with Crippen molar-refractivity contribution in [2.24, 2.45) is 0 Å². The fourth-order valence-electron chi connectivity index (χ4n) is 2.69. The zero-order chi connectivity index (χ0) is 19.9. The number of halogens is 1. The van der Waals surface area contributed by atoms with E-state index in [4.69, 9.17) is 21.1 Å². The molecule has 0 radical (unpaired) electrons. The summed E-state index contributed by atoms with van der Waals surface area (Å²) in [6.07, 6.45) is 1.57. The number of hydrogen-bond donors (Lipinski definition) is 0. The molecule has 3 rings (SSSR count). The molecular formula is C21H22ClN3O2S. The third-order valence-electron chi connectivity index (χ3n) is 4.05. The van der Waals surface area contributed by atoms with E-state index in [0.717, 1.165) is 38.8 Å². The number of benzene rings is 2. The standard InChI is InChI=1S/C21H22ClN3O2S/c1-4-12-25-20(15(2)27-19-10-8-18(26-3)9-11-19)23-24-21(25)28-14-16-6-5-7-17(22)13-16/h4-11,13,15H,1,12,14H2,2-3H3. The average Bonchev–Trinajstić information content (AvgIpc) is 3.10. The summed E-state index contributed by atoms with van der Waals surface area (Å²) in [6, 6.07) is 15.3. The van der Waals surface area contributed by atoms with Crippen molar-refractivity contribution in [1.82, 2.24) is 14.8 Å². The molecule has 5 nitrogen and oxygen atoms in total. The van der Waals surface area contributed by atoms with Crippen LogP contribution in [0, 0.1) is 0 Å². The smallest absolute Gasteiger partial charge is 0.191 e. The zero-order valence-electron chi connectivity index (χ0n) is 15.8. The molecule has 1 atom stereocenters. The Morgan fingerprint density at radius 2 is 1.93 bits per heavy atom. The quantitative estimate of drug-likeness (QED) is 0.338. The van der Waals surface area contributed by atoms with Crippen LogP contribution in [0.5, 0.6) is 11.5 Å². The normalized spacial score (nSPS) is 11.8. The van der Waals surface area contributed by atoms with E-state index in [9.17, 15) is 0 Å². The molecule has 0 spiro atoms. The molecule has 1 heterocycles. The van der Waals surface area contributed by atoms with Gasteiger partial charge in [0.2, 0.25) is 0 Å². The highest BCUT2D eigenvalue weighted by molar-refractivity contribution is 7.98. The van der Waals surface area contributed by atoms with Gasteiger partial charge in [0.05, 0.1) is 7.11 Å². The summed E-state index contributed by atoms with van der Waals surface area (Å²) in [5, 5.41) is 10.3. The molecule has 28 heavy (non-hydrogen) atoms. The van der Waals surface area contributed by atoms with Gasteiger partial charge < -0.3 is 9.47 Å². The Bertz CT molecular complexity index is 928. The van der Waals surface area contributed by atoms with Crippen molar-refractivity contribution in [2.45, 2.75) is 30.5 Å². The van der Waals surface area contributed by atoms with Gasteiger partial charge in [0.15, 0.2) is 17.1 Å². The summed E-state index contributed by atoms with van der Waals surface area (Å²) in [4.78, 5) is 0. The van der Waals surface area contributed by atoms with Crippen LogP contribution >= 0.6 is 23.4 Å². The molecule has 146 valence electrons. The van der Waals surface area contributed by atoms with Gasteiger partial charge in [-0.25, -0.2) is 0 Å². The molecule has 0 bridgehead atoms. The van der Waals surface area contributed by atoms with Gasteiger partial charge in [-0.1, -0.05) is 41.6 Å². The van der Waals surface area contributed by atoms with Gasteiger partial charge in [-0.15, -0.1) is 16.8 Å². The highest BCUT2D eigenvalue weighted by atomic mass is 35.5. The largest absolute Gasteiger partial charge is 0.497 e. The van der Waals surface area contributed by atoms with Crippen molar-refractivity contribution in [3.8, 4) is 11.5 Å². The van der Waals surface area contributed by atoms with Crippen molar-refractivity contribution in [2.75, 3.05) is 7.11 Å². The van der Waals surface area contributed by atoms with Crippen molar-refractivity contribution < 1.29 is 9.47 Å². The Morgan fingerprint density at radius 3 is 2.61 bits per heavy atom. The second kappa shape index (κ2) is 9.66. The lowest BCUT2D eigenvalue weighted by Gasteiger charge is -2.16. The first kappa shape index (κ1) is 20.3. The van der Waals surface area contributed by atoms with E-state index in [2.05, 4.69) is 16.8 Å². The van der Waals surface area contributed by atoms with Crippen LogP contribution in [-0.4, -0.2) is 21.9 Å². The highest BCUT2D eigenvalue weighted by Gasteiger charge is 2.19. The molecule has 0 amide bonds. The van der Waals surface area contributed by atoms with Crippen molar-refractivity contribution >= 4 is 23.4 Å². The first-order valence-electron chi connectivity index (χ1n) is 8.82. The summed E-state index contributed by atoms with van der Waals surface area (Å²) >= 11 is 7.68. The van der Waals surface area contributed by atoms with E-state index in [1.807, 2.05) is 66.1 Å². The minimum atomic E-state index is -0.263. The number of methoxy groups -OCH3 is 1. The number of allylic oxidation sites excluding steroid dienone is 1. The molecule has 0 aliphatic carbocycles. The number of rotatable bonds is 9.